The Bertz CT molecular complexity index is 1210. The van der Waals surface area contributed by atoms with Gasteiger partial charge in [0.1, 0.15) is 10.8 Å². The highest BCUT2D eigenvalue weighted by Crippen LogP contribution is 2.47. The number of hydrogen-bond donors (Lipinski definition) is 1. The van der Waals surface area contributed by atoms with Crippen LogP contribution in [0, 0.1) is 0 Å². The molecule has 0 saturated heterocycles. The molecule has 1 aromatic heterocycles. The van der Waals surface area contributed by atoms with Crippen molar-refractivity contribution in [2.24, 2.45) is 5.10 Å². The highest BCUT2D eigenvalue weighted by molar-refractivity contribution is 8.13. The number of fused-ring (bicyclic) bond motifs is 5. The number of nitrogens with one attached hydrogen (secondary N) is 1. The second-order valence-electron chi connectivity index (χ2n) is 7.95. The first-order valence-electron chi connectivity index (χ1n) is 10.7. The van der Waals surface area contributed by atoms with Crippen LogP contribution >= 0.6 is 23.1 Å². The number of amidine groups is 1. The molecule has 1 amide bonds. The van der Waals surface area contributed by atoms with Gasteiger partial charge >= 0.3 is 0 Å². The first-order valence-corrected chi connectivity index (χ1v) is 12.5. The number of thiophene rings is 1. The SMILES string of the molecule is COc1ccc(CSC2=NNC3N(c4ccccc4)C(=O)c4c(sc5c4CCC5)N23)cc1. The molecule has 3 aromatic rings. The summed E-state index contributed by atoms with van der Waals surface area (Å²) in [5, 5.41) is 6.58. The lowest BCUT2D eigenvalue weighted by molar-refractivity contribution is 0.0968. The molecular formula is C24H22N4O2S2. The van der Waals surface area contributed by atoms with Crippen LogP contribution in [0.15, 0.2) is 59.7 Å². The molecule has 3 aliphatic rings. The van der Waals surface area contributed by atoms with Gasteiger partial charge in [-0.25, -0.2) is 0 Å². The first kappa shape index (κ1) is 19.7. The number of nitrogens with zero attached hydrogens (tertiary/aromatic N) is 3. The van der Waals surface area contributed by atoms with Crippen molar-refractivity contribution in [2.75, 3.05) is 16.9 Å². The maximum atomic E-state index is 13.7. The molecular weight excluding hydrogens is 440 g/mol. The fourth-order valence-corrected chi connectivity index (χ4v) is 6.93. The molecule has 0 radical (unpaired) electrons. The van der Waals surface area contributed by atoms with E-state index in [-0.39, 0.29) is 12.2 Å². The smallest absolute Gasteiger partial charge is 0.264 e. The third kappa shape index (κ3) is 3.09. The second-order valence-corrected chi connectivity index (χ2v) is 9.98. The molecule has 2 aliphatic heterocycles. The summed E-state index contributed by atoms with van der Waals surface area (Å²) in [5.74, 6) is 1.70. The summed E-state index contributed by atoms with van der Waals surface area (Å²) in [6.07, 6.45) is 2.81. The van der Waals surface area contributed by atoms with Gasteiger partial charge in [0.2, 0.25) is 6.29 Å². The van der Waals surface area contributed by atoms with Gasteiger partial charge in [-0.3, -0.25) is 20.0 Å². The minimum absolute atomic E-state index is 0.0657. The van der Waals surface area contributed by atoms with Gasteiger partial charge < -0.3 is 4.74 Å². The van der Waals surface area contributed by atoms with E-state index in [4.69, 9.17) is 4.74 Å². The molecule has 8 heteroatoms. The van der Waals surface area contributed by atoms with Crippen LogP contribution in [0.25, 0.3) is 0 Å². The van der Waals surface area contributed by atoms with Gasteiger partial charge in [-0.1, -0.05) is 42.1 Å². The topological polar surface area (TPSA) is 57.2 Å². The maximum Gasteiger partial charge on any atom is 0.264 e. The number of carbonyl (C=O) groups excluding carboxylic acids is 1. The Labute approximate surface area is 194 Å². The molecule has 6 nitrogen and oxygen atoms in total. The molecule has 0 spiro atoms. The number of carbonyl (C=O) groups is 1. The minimum atomic E-state index is -0.352. The predicted octanol–water partition coefficient (Wildman–Crippen LogP) is 4.80. The van der Waals surface area contributed by atoms with Gasteiger partial charge in [-0.2, -0.15) is 5.10 Å². The van der Waals surface area contributed by atoms with Gasteiger partial charge in [-0.15, -0.1) is 11.3 Å². The number of thioether (sulfide) groups is 1. The minimum Gasteiger partial charge on any atom is -0.497 e. The average Bonchev–Trinajstić information content (AvgIpc) is 3.53. The zero-order valence-electron chi connectivity index (χ0n) is 17.6. The van der Waals surface area contributed by atoms with Crippen molar-refractivity contribution in [2.45, 2.75) is 31.3 Å². The van der Waals surface area contributed by atoms with E-state index in [9.17, 15) is 4.79 Å². The van der Waals surface area contributed by atoms with E-state index < -0.39 is 0 Å². The number of hydrazone groups is 1. The number of aryl methyl sites for hydroxylation is 1. The van der Waals surface area contributed by atoms with E-state index in [1.54, 1.807) is 30.2 Å². The van der Waals surface area contributed by atoms with E-state index >= 15 is 0 Å². The molecule has 0 saturated carbocycles. The Morgan fingerprint density at radius 2 is 1.94 bits per heavy atom. The van der Waals surface area contributed by atoms with Gasteiger partial charge in [-0.05, 0) is 54.7 Å². The van der Waals surface area contributed by atoms with Crippen LogP contribution in [0.3, 0.4) is 0 Å². The lowest BCUT2D eigenvalue weighted by Gasteiger charge is -2.39. The van der Waals surface area contributed by atoms with Crippen molar-refractivity contribution in [3.05, 3.63) is 76.2 Å². The number of para-hydroxylation sites is 1. The monoisotopic (exact) mass is 462 g/mol. The highest BCUT2D eigenvalue weighted by Gasteiger charge is 2.47. The summed E-state index contributed by atoms with van der Waals surface area (Å²) in [5.41, 5.74) is 7.41. The largest absolute Gasteiger partial charge is 0.497 e. The summed E-state index contributed by atoms with van der Waals surface area (Å²) < 4.78 is 5.27. The van der Waals surface area contributed by atoms with Crippen LogP contribution < -0.4 is 20.0 Å². The first-order chi connectivity index (χ1) is 15.7. The van der Waals surface area contributed by atoms with Crippen molar-refractivity contribution >= 4 is 44.9 Å². The zero-order valence-corrected chi connectivity index (χ0v) is 19.2. The number of anilines is 2. The zero-order chi connectivity index (χ0) is 21.7. The molecule has 0 fully saturated rings. The number of methoxy groups -OCH3 is 1. The van der Waals surface area contributed by atoms with Gasteiger partial charge in [0.25, 0.3) is 5.91 Å². The van der Waals surface area contributed by atoms with E-state index in [1.807, 2.05) is 47.4 Å². The van der Waals surface area contributed by atoms with Crippen molar-refractivity contribution < 1.29 is 9.53 Å². The molecule has 1 atom stereocenters. The number of rotatable bonds is 4. The van der Waals surface area contributed by atoms with Gasteiger partial charge in [0, 0.05) is 16.3 Å². The van der Waals surface area contributed by atoms with Crippen LogP contribution in [0.5, 0.6) is 5.75 Å². The fourth-order valence-electron chi connectivity index (χ4n) is 4.53. The summed E-state index contributed by atoms with van der Waals surface area (Å²) in [6, 6.07) is 18.0. The van der Waals surface area contributed by atoms with Gasteiger partial charge in [0.05, 0.1) is 12.7 Å². The van der Waals surface area contributed by atoms with E-state index in [2.05, 4.69) is 27.6 Å². The highest BCUT2D eigenvalue weighted by atomic mass is 32.2. The fraction of sp³-hybridized carbons (Fsp3) is 0.250. The van der Waals surface area contributed by atoms with Crippen LogP contribution in [-0.4, -0.2) is 24.5 Å². The maximum absolute atomic E-state index is 13.7. The van der Waals surface area contributed by atoms with Crippen molar-refractivity contribution in [3.63, 3.8) is 0 Å². The molecule has 0 bridgehead atoms. The van der Waals surface area contributed by atoms with Crippen LogP contribution in [0.4, 0.5) is 10.7 Å². The lowest BCUT2D eigenvalue weighted by Crippen LogP contribution is -2.58. The average molecular weight is 463 g/mol. The molecule has 162 valence electrons. The molecule has 3 heterocycles. The number of hydrogen-bond acceptors (Lipinski definition) is 7. The Morgan fingerprint density at radius 1 is 1.12 bits per heavy atom. The molecule has 32 heavy (non-hydrogen) atoms. The molecule has 1 N–H and O–H groups in total. The Kier molecular flexibility index (Phi) is 4.84. The van der Waals surface area contributed by atoms with Crippen molar-refractivity contribution in [3.8, 4) is 5.75 Å². The Morgan fingerprint density at radius 3 is 2.72 bits per heavy atom. The molecule has 6 rings (SSSR count). The van der Waals surface area contributed by atoms with Gasteiger partial charge in [0.15, 0.2) is 5.17 Å². The summed E-state index contributed by atoms with van der Waals surface area (Å²) >= 11 is 3.44. The second kappa shape index (κ2) is 7.86. The Balaban J connectivity index is 1.35. The standard InChI is InChI=1S/C24H22N4O2S2/c1-30-17-12-10-15(11-13-17)14-31-24-26-25-23-27(16-6-3-2-4-7-16)21(29)20-18-8-5-9-19(18)32-22(20)28(23)24/h2-4,6-7,10-13,23,25H,5,8-9,14H2,1H3. The normalized spacial score (nSPS) is 18.7. The quantitative estimate of drug-likeness (QED) is 0.603. The number of ether oxygens (including phenoxy) is 1. The Hall–Kier alpha value is -2.97. The summed E-state index contributed by atoms with van der Waals surface area (Å²) in [7, 11) is 1.68. The predicted molar refractivity (Wildman–Crippen MR) is 131 cm³/mol. The lowest BCUT2D eigenvalue weighted by atomic mass is 10.1. The molecule has 1 unspecified atom stereocenters. The number of benzene rings is 2. The number of amides is 1. The van der Waals surface area contributed by atoms with Crippen LogP contribution in [-0.2, 0) is 18.6 Å². The molecule has 1 aliphatic carbocycles. The third-order valence-electron chi connectivity index (χ3n) is 6.09. The summed E-state index contributed by atoms with van der Waals surface area (Å²) in [6.45, 7) is 0. The van der Waals surface area contributed by atoms with E-state index in [1.165, 1.54) is 16.0 Å². The van der Waals surface area contributed by atoms with E-state index in [0.717, 1.165) is 52.2 Å². The van der Waals surface area contributed by atoms with Crippen LogP contribution in [0.2, 0.25) is 0 Å². The van der Waals surface area contributed by atoms with Crippen molar-refractivity contribution in [1.82, 2.24) is 5.43 Å². The third-order valence-corrected chi connectivity index (χ3v) is 8.40. The van der Waals surface area contributed by atoms with Crippen LogP contribution in [0.1, 0.15) is 32.8 Å². The molecule has 2 aromatic carbocycles. The van der Waals surface area contributed by atoms with E-state index in [0.29, 0.717) is 0 Å². The summed E-state index contributed by atoms with van der Waals surface area (Å²) in [4.78, 5) is 19.1. The van der Waals surface area contributed by atoms with Crippen molar-refractivity contribution in [1.29, 1.82) is 0 Å².